The number of rotatable bonds is 5. The first-order valence-electron chi connectivity index (χ1n) is 6.27. The van der Waals surface area contributed by atoms with Crippen LogP contribution in [0.3, 0.4) is 0 Å². The van der Waals surface area contributed by atoms with E-state index in [1.54, 1.807) is 11.8 Å². The van der Waals surface area contributed by atoms with E-state index < -0.39 is 0 Å². The molecule has 2 unspecified atom stereocenters. The van der Waals surface area contributed by atoms with Gasteiger partial charge in [0, 0.05) is 12.3 Å². The van der Waals surface area contributed by atoms with E-state index in [-0.39, 0.29) is 11.9 Å². The van der Waals surface area contributed by atoms with Gasteiger partial charge in [0.2, 0.25) is 5.91 Å². The molecule has 0 spiro atoms. The number of nitrogens with one attached hydrogen (secondary N) is 2. The Labute approximate surface area is 108 Å². The number of aliphatic imine (C=N–C) groups is 1. The second kappa shape index (κ2) is 6.89. The number of carbonyl (C=O) groups is 1. The number of carbonyl (C=O) groups excluding carboxylic acids is 1. The van der Waals surface area contributed by atoms with E-state index in [2.05, 4.69) is 29.5 Å². The number of hydrogen-bond donors (Lipinski definition) is 2. The molecule has 1 aliphatic rings. The first-order chi connectivity index (χ1) is 8.02. The zero-order valence-corrected chi connectivity index (χ0v) is 11.9. The van der Waals surface area contributed by atoms with Crippen molar-refractivity contribution < 1.29 is 4.79 Å². The molecule has 1 heterocycles. The molecule has 0 aliphatic carbocycles. The molecular weight excluding hydrogens is 234 g/mol. The predicted molar refractivity (Wildman–Crippen MR) is 74.4 cm³/mol. The van der Waals surface area contributed by atoms with Gasteiger partial charge >= 0.3 is 0 Å². The van der Waals surface area contributed by atoms with E-state index in [9.17, 15) is 4.79 Å². The van der Waals surface area contributed by atoms with E-state index >= 15 is 0 Å². The van der Waals surface area contributed by atoms with Gasteiger partial charge in [-0.2, -0.15) is 0 Å². The summed E-state index contributed by atoms with van der Waals surface area (Å²) in [6.45, 7) is 8.88. The SMILES string of the molecule is CCNC(=O)C(C)NC1=NC(CC(C)C)CS1. The third-order valence-electron chi connectivity index (χ3n) is 2.54. The molecule has 0 fully saturated rings. The van der Waals surface area contributed by atoms with Gasteiger partial charge in [-0.25, -0.2) is 0 Å². The molecule has 0 radical (unpaired) electrons. The van der Waals surface area contributed by atoms with Gasteiger partial charge in [-0.05, 0) is 26.2 Å². The topological polar surface area (TPSA) is 53.5 Å². The van der Waals surface area contributed by atoms with Crippen molar-refractivity contribution in [2.24, 2.45) is 10.9 Å². The minimum atomic E-state index is -0.209. The Kier molecular flexibility index (Phi) is 5.82. The lowest BCUT2D eigenvalue weighted by Gasteiger charge is -2.13. The van der Waals surface area contributed by atoms with Gasteiger partial charge in [0.15, 0.2) is 5.17 Å². The standard InChI is InChI=1S/C12H23N3OS/c1-5-13-11(16)9(4)14-12-15-10(7-17-12)6-8(2)3/h8-10H,5-7H2,1-4H3,(H,13,16)(H,14,15). The first-order valence-corrected chi connectivity index (χ1v) is 7.26. The fraction of sp³-hybridized carbons (Fsp3) is 0.833. The third-order valence-corrected chi connectivity index (χ3v) is 3.59. The minimum Gasteiger partial charge on any atom is -0.355 e. The smallest absolute Gasteiger partial charge is 0.242 e. The minimum absolute atomic E-state index is 0.0307. The van der Waals surface area contributed by atoms with Crippen LogP contribution in [0.1, 0.15) is 34.1 Å². The molecule has 0 aromatic heterocycles. The van der Waals surface area contributed by atoms with Crippen LogP contribution in [0.2, 0.25) is 0 Å². The van der Waals surface area contributed by atoms with E-state index in [4.69, 9.17) is 0 Å². The van der Waals surface area contributed by atoms with Crippen LogP contribution in [0.25, 0.3) is 0 Å². The molecule has 4 nitrogen and oxygen atoms in total. The van der Waals surface area contributed by atoms with Crippen molar-refractivity contribution in [1.82, 2.24) is 10.6 Å². The average Bonchev–Trinajstić information content (AvgIpc) is 2.64. The van der Waals surface area contributed by atoms with Crippen LogP contribution in [-0.2, 0) is 4.79 Å². The molecule has 2 N–H and O–H groups in total. The summed E-state index contributed by atoms with van der Waals surface area (Å²) in [4.78, 5) is 16.2. The monoisotopic (exact) mass is 257 g/mol. The van der Waals surface area contributed by atoms with Crippen LogP contribution in [0.4, 0.5) is 0 Å². The number of thioether (sulfide) groups is 1. The Bertz CT molecular complexity index is 291. The fourth-order valence-electron chi connectivity index (χ4n) is 1.74. The van der Waals surface area contributed by atoms with E-state index in [1.165, 1.54) is 0 Å². The van der Waals surface area contributed by atoms with Gasteiger partial charge in [-0.3, -0.25) is 9.79 Å². The number of amides is 1. The Morgan fingerprint density at radius 1 is 1.53 bits per heavy atom. The van der Waals surface area contributed by atoms with Gasteiger partial charge in [0.05, 0.1) is 6.04 Å². The lowest BCUT2D eigenvalue weighted by molar-refractivity contribution is -0.122. The summed E-state index contributed by atoms with van der Waals surface area (Å²) in [5, 5.41) is 6.88. The van der Waals surface area contributed by atoms with Crippen molar-refractivity contribution in [3.63, 3.8) is 0 Å². The van der Waals surface area contributed by atoms with Crippen LogP contribution in [-0.4, -0.2) is 35.5 Å². The highest BCUT2D eigenvalue weighted by Gasteiger charge is 2.21. The molecule has 1 amide bonds. The molecule has 1 rings (SSSR count). The summed E-state index contributed by atoms with van der Waals surface area (Å²) < 4.78 is 0. The van der Waals surface area contributed by atoms with Crippen LogP contribution in [0, 0.1) is 5.92 Å². The maximum absolute atomic E-state index is 11.6. The predicted octanol–water partition coefficient (Wildman–Crippen LogP) is 1.62. The Hall–Kier alpha value is -0.710. The first kappa shape index (κ1) is 14.4. The van der Waals surface area contributed by atoms with Crippen LogP contribution in [0.5, 0.6) is 0 Å². The summed E-state index contributed by atoms with van der Waals surface area (Å²) in [5.41, 5.74) is 0. The number of amidine groups is 1. The number of hydrogen-bond acceptors (Lipinski definition) is 4. The third kappa shape index (κ3) is 4.98. The molecule has 0 saturated carbocycles. The number of likely N-dealkylation sites (N-methyl/N-ethyl adjacent to an activating group) is 1. The van der Waals surface area contributed by atoms with Gasteiger partial charge in [0.25, 0.3) is 0 Å². The van der Waals surface area contributed by atoms with Crippen LogP contribution >= 0.6 is 11.8 Å². The molecule has 98 valence electrons. The van der Waals surface area contributed by atoms with Crippen molar-refractivity contribution in [3.8, 4) is 0 Å². The van der Waals surface area contributed by atoms with Gasteiger partial charge in [0.1, 0.15) is 6.04 Å². The maximum atomic E-state index is 11.6. The summed E-state index contributed by atoms with van der Waals surface area (Å²) in [6, 6.07) is 0.197. The van der Waals surface area contributed by atoms with E-state index in [1.807, 2.05) is 13.8 Å². The summed E-state index contributed by atoms with van der Waals surface area (Å²) >= 11 is 1.72. The summed E-state index contributed by atoms with van der Waals surface area (Å²) in [5.74, 6) is 1.73. The lowest BCUT2D eigenvalue weighted by Crippen LogP contribution is -2.43. The van der Waals surface area contributed by atoms with Gasteiger partial charge in [-0.1, -0.05) is 25.6 Å². The molecule has 2 atom stereocenters. The molecule has 5 heteroatoms. The van der Waals surface area contributed by atoms with E-state index in [0.717, 1.165) is 17.3 Å². The van der Waals surface area contributed by atoms with Crippen LogP contribution < -0.4 is 10.6 Å². The number of nitrogens with zero attached hydrogens (tertiary/aromatic N) is 1. The fourth-order valence-corrected chi connectivity index (χ4v) is 2.78. The van der Waals surface area contributed by atoms with E-state index in [0.29, 0.717) is 18.5 Å². The van der Waals surface area contributed by atoms with Crippen molar-refractivity contribution in [2.75, 3.05) is 12.3 Å². The highest BCUT2D eigenvalue weighted by atomic mass is 32.2. The zero-order valence-electron chi connectivity index (χ0n) is 11.1. The second-order valence-corrected chi connectivity index (χ2v) is 5.80. The quantitative estimate of drug-likeness (QED) is 0.787. The normalized spacial score (nSPS) is 21.2. The molecule has 0 aromatic rings. The molecule has 1 aliphatic heterocycles. The Morgan fingerprint density at radius 3 is 2.82 bits per heavy atom. The lowest BCUT2D eigenvalue weighted by atomic mass is 10.1. The maximum Gasteiger partial charge on any atom is 0.242 e. The largest absolute Gasteiger partial charge is 0.355 e. The Balaban J connectivity index is 2.39. The molecule has 0 aromatic carbocycles. The highest BCUT2D eigenvalue weighted by Crippen LogP contribution is 2.21. The molecule has 0 saturated heterocycles. The molecule has 0 bridgehead atoms. The van der Waals surface area contributed by atoms with Gasteiger partial charge in [-0.15, -0.1) is 0 Å². The van der Waals surface area contributed by atoms with Gasteiger partial charge < -0.3 is 10.6 Å². The average molecular weight is 257 g/mol. The molecular formula is C12H23N3OS. The highest BCUT2D eigenvalue weighted by molar-refractivity contribution is 8.14. The van der Waals surface area contributed by atoms with Crippen molar-refractivity contribution >= 4 is 22.8 Å². The summed E-state index contributed by atoms with van der Waals surface area (Å²) in [7, 11) is 0. The molecule has 17 heavy (non-hydrogen) atoms. The Morgan fingerprint density at radius 2 is 2.24 bits per heavy atom. The summed E-state index contributed by atoms with van der Waals surface area (Å²) in [6.07, 6.45) is 1.12. The van der Waals surface area contributed by atoms with Crippen molar-refractivity contribution in [1.29, 1.82) is 0 Å². The van der Waals surface area contributed by atoms with Crippen LogP contribution in [0.15, 0.2) is 4.99 Å². The van der Waals surface area contributed by atoms with Crippen molar-refractivity contribution in [3.05, 3.63) is 0 Å². The van der Waals surface area contributed by atoms with Crippen molar-refractivity contribution in [2.45, 2.75) is 46.2 Å². The zero-order chi connectivity index (χ0) is 12.8. The second-order valence-electron chi connectivity index (χ2n) is 4.79.